The summed E-state index contributed by atoms with van der Waals surface area (Å²) in [6.07, 6.45) is 10.4. The van der Waals surface area contributed by atoms with Crippen molar-refractivity contribution in [3.63, 3.8) is 0 Å². The molecule has 1 rings (SSSR count). The van der Waals surface area contributed by atoms with Crippen LogP contribution in [0.25, 0.3) is 0 Å². The lowest BCUT2D eigenvalue weighted by atomic mass is 10.1. The molecule has 1 N–H and O–H groups in total. The van der Waals surface area contributed by atoms with Gasteiger partial charge in [-0.3, -0.25) is 4.79 Å². The fraction of sp³-hybridized carbons (Fsp3) is 0.667. The first kappa shape index (κ1) is 18.7. The van der Waals surface area contributed by atoms with Gasteiger partial charge in [-0.2, -0.15) is 5.26 Å². The molecule has 1 aromatic heterocycles. The van der Waals surface area contributed by atoms with Crippen LogP contribution in [0.3, 0.4) is 0 Å². The lowest BCUT2D eigenvalue weighted by Gasteiger charge is -2.04. The minimum Gasteiger partial charge on any atom is -0.317 e. The van der Waals surface area contributed by atoms with Gasteiger partial charge < -0.3 is 5.32 Å². The van der Waals surface area contributed by atoms with E-state index in [-0.39, 0.29) is 5.91 Å². The highest BCUT2D eigenvalue weighted by Gasteiger charge is 2.14. The lowest BCUT2D eigenvalue weighted by Crippen LogP contribution is -2.10. The number of anilines is 1. The first-order valence-electron chi connectivity index (χ1n) is 8.40. The Balaban J connectivity index is 2.22. The van der Waals surface area contributed by atoms with E-state index in [0.29, 0.717) is 17.0 Å². The minimum atomic E-state index is 0.0312. The number of rotatable bonds is 10. The maximum Gasteiger partial charge on any atom is 0.225 e. The number of carbonyl (C=O) groups is 1. The minimum absolute atomic E-state index is 0.0312. The molecule has 1 heterocycles. The molecule has 0 spiro atoms. The van der Waals surface area contributed by atoms with Crippen molar-refractivity contribution in [2.45, 2.75) is 78.6 Å². The standard InChI is InChI=1S/C18H28N2OS/c1-4-5-6-7-8-9-10-11-12-17(21)20-18-16(13-19)14(2)15(3)22-18/h4-12H2,1-3H3,(H,20,21). The van der Waals surface area contributed by atoms with Crippen LogP contribution in [0.2, 0.25) is 0 Å². The molecule has 1 amide bonds. The quantitative estimate of drug-likeness (QED) is 0.562. The molecule has 0 saturated heterocycles. The number of hydrogen-bond acceptors (Lipinski definition) is 3. The molecule has 0 unspecified atom stereocenters. The van der Waals surface area contributed by atoms with Gasteiger partial charge in [-0.15, -0.1) is 11.3 Å². The van der Waals surface area contributed by atoms with Crippen molar-refractivity contribution in [1.29, 1.82) is 5.26 Å². The number of unbranched alkanes of at least 4 members (excludes halogenated alkanes) is 7. The maximum absolute atomic E-state index is 12.0. The fourth-order valence-electron chi connectivity index (χ4n) is 2.46. The SMILES string of the molecule is CCCCCCCCCCC(=O)Nc1sc(C)c(C)c1C#N. The lowest BCUT2D eigenvalue weighted by molar-refractivity contribution is -0.116. The molecule has 22 heavy (non-hydrogen) atoms. The summed E-state index contributed by atoms with van der Waals surface area (Å²) in [6, 6.07) is 2.19. The second-order valence-corrected chi connectivity index (χ2v) is 7.10. The van der Waals surface area contributed by atoms with Gasteiger partial charge in [-0.1, -0.05) is 51.9 Å². The van der Waals surface area contributed by atoms with Gasteiger partial charge in [0.1, 0.15) is 11.1 Å². The van der Waals surface area contributed by atoms with E-state index in [2.05, 4.69) is 18.3 Å². The summed E-state index contributed by atoms with van der Waals surface area (Å²) in [5, 5.41) is 12.8. The van der Waals surface area contributed by atoms with Crippen LogP contribution in [0.4, 0.5) is 5.00 Å². The van der Waals surface area contributed by atoms with E-state index < -0.39 is 0 Å². The van der Waals surface area contributed by atoms with Crippen LogP contribution in [-0.2, 0) is 4.79 Å². The molecule has 0 radical (unpaired) electrons. The number of nitrogens with one attached hydrogen (secondary N) is 1. The number of aryl methyl sites for hydroxylation is 1. The summed E-state index contributed by atoms with van der Waals surface area (Å²) in [6.45, 7) is 6.14. The molecular formula is C18H28N2OS. The molecule has 122 valence electrons. The number of carbonyl (C=O) groups excluding carboxylic acids is 1. The first-order chi connectivity index (χ1) is 10.6. The van der Waals surface area contributed by atoms with Gasteiger partial charge in [-0.05, 0) is 25.8 Å². The highest BCUT2D eigenvalue weighted by atomic mass is 32.1. The molecule has 0 aliphatic rings. The number of nitriles is 1. The predicted molar refractivity (Wildman–Crippen MR) is 94.4 cm³/mol. The second kappa shape index (κ2) is 10.4. The highest BCUT2D eigenvalue weighted by molar-refractivity contribution is 7.16. The number of nitrogens with zero attached hydrogens (tertiary/aromatic N) is 1. The van der Waals surface area contributed by atoms with Crippen molar-refractivity contribution in [1.82, 2.24) is 0 Å². The number of hydrogen-bond donors (Lipinski definition) is 1. The zero-order valence-corrected chi connectivity index (χ0v) is 14.9. The van der Waals surface area contributed by atoms with Gasteiger partial charge in [-0.25, -0.2) is 0 Å². The zero-order valence-electron chi connectivity index (χ0n) is 14.1. The fourth-order valence-corrected chi connectivity index (χ4v) is 3.49. The van der Waals surface area contributed by atoms with E-state index in [1.165, 1.54) is 49.9 Å². The third-order valence-electron chi connectivity index (χ3n) is 4.01. The number of amides is 1. The number of thiophene rings is 1. The smallest absolute Gasteiger partial charge is 0.225 e. The van der Waals surface area contributed by atoms with Crippen molar-refractivity contribution in [3.05, 3.63) is 16.0 Å². The average Bonchev–Trinajstić information content (AvgIpc) is 2.76. The largest absolute Gasteiger partial charge is 0.317 e. The molecule has 0 bridgehead atoms. The molecular weight excluding hydrogens is 292 g/mol. The highest BCUT2D eigenvalue weighted by Crippen LogP contribution is 2.31. The summed E-state index contributed by atoms with van der Waals surface area (Å²) < 4.78 is 0. The molecule has 0 aromatic carbocycles. The molecule has 0 atom stereocenters. The van der Waals surface area contributed by atoms with Crippen LogP contribution in [0, 0.1) is 25.2 Å². The van der Waals surface area contributed by atoms with Crippen LogP contribution in [0.5, 0.6) is 0 Å². The predicted octanol–water partition coefficient (Wildman–Crippen LogP) is 5.71. The van der Waals surface area contributed by atoms with E-state index in [1.807, 2.05) is 13.8 Å². The molecule has 0 aliphatic carbocycles. The van der Waals surface area contributed by atoms with Crippen LogP contribution in [0.15, 0.2) is 0 Å². The van der Waals surface area contributed by atoms with E-state index >= 15 is 0 Å². The third-order valence-corrected chi connectivity index (χ3v) is 5.13. The molecule has 3 nitrogen and oxygen atoms in total. The summed E-state index contributed by atoms with van der Waals surface area (Å²) in [4.78, 5) is 13.1. The molecule has 0 saturated carbocycles. The zero-order chi connectivity index (χ0) is 16.4. The Morgan fingerprint density at radius 1 is 1.09 bits per heavy atom. The summed E-state index contributed by atoms with van der Waals surface area (Å²) in [7, 11) is 0. The van der Waals surface area contributed by atoms with Crippen LogP contribution in [-0.4, -0.2) is 5.91 Å². The normalized spacial score (nSPS) is 10.5. The van der Waals surface area contributed by atoms with Crippen molar-refractivity contribution in [2.24, 2.45) is 0 Å². The molecule has 1 aromatic rings. The summed E-state index contributed by atoms with van der Waals surface area (Å²) in [5.74, 6) is 0.0312. The monoisotopic (exact) mass is 320 g/mol. The molecule has 4 heteroatoms. The Morgan fingerprint density at radius 3 is 2.27 bits per heavy atom. The third kappa shape index (κ3) is 6.19. The Bertz CT molecular complexity index is 514. The Labute approximate surface area is 138 Å². The first-order valence-corrected chi connectivity index (χ1v) is 9.21. The average molecular weight is 321 g/mol. The van der Waals surface area contributed by atoms with Crippen LogP contribution in [0.1, 0.15) is 80.7 Å². The topological polar surface area (TPSA) is 52.9 Å². The van der Waals surface area contributed by atoms with Gasteiger partial charge in [0.15, 0.2) is 0 Å². The van der Waals surface area contributed by atoms with Crippen molar-refractivity contribution in [3.8, 4) is 6.07 Å². The van der Waals surface area contributed by atoms with Crippen LogP contribution >= 0.6 is 11.3 Å². The second-order valence-electron chi connectivity index (χ2n) is 5.87. The van der Waals surface area contributed by atoms with Gasteiger partial charge in [0, 0.05) is 11.3 Å². The molecule has 0 aliphatic heterocycles. The van der Waals surface area contributed by atoms with E-state index in [9.17, 15) is 4.79 Å². The summed E-state index contributed by atoms with van der Waals surface area (Å²) >= 11 is 1.49. The Morgan fingerprint density at radius 2 is 1.68 bits per heavy atom. The van der Waals surface area contributed by atoms with Gasteiger partial charge >= 0.3 is 0 Å². The van der Waals surface area contributed by atoms with Crippen molar-refractivity contribution in [2.75, 3.05) is 5.32 Å². The van der Waals surface area contributed by atoms with Gasteiger partial charge in [0.25, 0.3) is 0 Å². The van der Waals surface area contributed by atoms with Gasteiger partial charge in [0.05, 0.1) is 5.56 Å². The van der Waals surface area contributed by atoms with E-state index in [0.717, 1.165) is 23.3 Å². The maximum atomic E-state index is 12.0. The van der Waals surface area contributed by atoms with Crippen LogP contribution < -0.4 is 5.32 Å². The Hall–Kier alpha value is -1.34. The van der Waals surface area contributed by atoms with Crippen molar-refractivity contribution >= 4 is 22.2 Å². The molecule has 0 fully saturated rings. The van der Waals surface area contributed by atoms with Gasteiger partial charge in [0.2, 0.25) is 5.91 Å². The summed E-state index contributed by atoms with van der Waals surface area (Å²) in [5.41, 5.74) is 1.60. The van der Waals surface area contributed by atoms with Crippen molar-refractivity contribution < 1.29 is 4.79 Å². The van der Waals surface area contributed by atoms with E-state index in [1.54, 1.807) is 0 Å². The van der Waals surface area contributed by atoms with E-state index in [4.69, 9.17) is 5.26 Å². The Kier molecular flexibility index (Phi) is 8.84.